The molecule has 0 aromatic heterocycles. The first kappa shape index (κ1) is 19.6. The lowest BCUT2D eigenvalue weighted by atomic mass is 10.0. The van der Waals surface area contributed by atoms with Crippen LogP contribution >= 0.6 is 11.8 Å². The van der Waals surface area contributed by atoms with Crippen molar-refractivity contribution in [2.24, 2.45) is 0 Å². The second-order valence-electron chi connectivity index (χ2n) is 5.21. The van der Waals surface area contributed by atoms with Crippen LogP contribution in [0.3, 0.4) is 0 Å². The molecule has 0 aliphatic rings. The predicted molar refractivity (Wildman–Crippen MR) is 92.1 cm³/mol. The lowest BCUT2D eigenvalue weighted by Crippen LogP contribution is -2.07. The zero-order valence-electron chi connectivity index (χ0n) is 13.6. The van der Waals surface area contributed by atoms with Crippen molar-refractivity contribution in [2.45, 2.75) is 13.3 Å². The molecule has 0 atom stereocenters. The van der Waals surface area contributed by atoms with E-state index in [1.807, 2.05) is 0 Å². The number of hydrogen-bond donors (Lipinski definition) is 1. The fourth-order valence-corrected chi connectivity index (χ4v) is 2.91. The van der Waals surface area contributed by atoms with E-state index in [4.69, 9.17) is 9.84 Å². The van der Waals surface area contributed by atoms with Crippen LogP contribution < -0.4 is 4.74 Å². The van der Waals surface area contributed by atoms with Gasteiger partial charge in [-0.15, -0.1) is 0 Å². The molecule has 8 heteroatoms. The zero-order valence-corrected chi connectivity index (χ0v) is 14.4. The van der Waals surface area contributed by atoms with Crippen LogP contribution in [0.15, 0.2) is 36.4 Å². The minimum absolute atomic E-state index is 0.00295. The second-order valence-corrected chi connectivity index (χ2v) is 6.28. The van der Waals surface area contributed by atoms with Crippen LogP contribution in [-0.2, 0) is 9.59 Å². The number of hydrogen-bond acceptors (Lipinski definition) is 5. The van der Waals surface area contributed by atoms with Gasteiger partial charge in [0.15, 0.2) is 0 Å². The van der Waals surface area contributed by atoms with Crippen molar-refractivity contribution in [3.05, 3.63) is 53.6 Å². The second kappa shape index (κ2) is 8.57. The molecule has 0 spiro atoms. The number of ether oxygens (including phenoxy) is 1. The highest BCUT2D eigenvalue weighted by Gasteiger charge is 2.18. The summed E-state index contributed by atoms with van der Waals surface area (Å²) in [6.45, 7) is 1.17. The summed E-state index contributed by atoms with van der Waals surface area (Å²) in [6.07, 6.45) is -0.217. The first-order chi connectivity index (χ1) is 12.3. The first-order valence-electron chi connectivity index (χ1n) is 7.44. The van der Waals surface area contributed by atoms with Crippen molar-refractivity contribution in [1.29, 1.82) is 0 Å². The third-order valence-corrected chi connectivity index (χ3v) is 4.13. The lowest BCUT2D eigenvalue weighted by molar-refractivity contribution is -0.136. The van der Waals surface area contributed by atoms with Crippen molar-refractivity contribution in [3.8, 4) is 16.9 Å². The third-order valence-electron chi connectivity index (χ3n) is 3.24. The number of carbonyl (C=O) groups excluding carboxylic acids is 2. The van der Waals surface area contributed by atoms with Crippen LogP contribution in [0.4, 0.5) is 8.78 Å². The molecule has 0 unspecified atom stereocenters. The number of benzene rings is 2. The fourth-order valence-electron chi connectivity index (χ4n) is 2.13. The number of carbonyl (C=O) groups is 3. The Labute approximate surface area is 152 Å². The molecule has 0 radical (unpaired) electrons. The first-order valence-corrected chi connectivity index (χ1v) is 8.43. The standard InChI is InChI=1S/C18H14F2O5S/c1-10(21)25-16-5-2-11(13-4-3-12(19)9-15(13)20)8-14(16)18(24)26-7-6-17(22)23/h2-5,8-9H,6-7H2,1H3,(H,22,23). The van der Waals surface area contributed by atoms with Crippen LogP contribution in [0.25, 0.3) is 11.1 Å². The molecular weight excluding hydrogens is 366 g/mol. The van der Waals surface area contributed by atoms with E-state index in [9.17, 15) is 23.2 Å². The molecule has 0 amide bonds. The molecule has 2 aromatic carbocycles. The number of carboxylic acids is 1. The van der Waals surface area contributed by atoms with Gasteiger partial charge in [-0.25, -0.2) is 8.78 Å². The van der Waals surface area contributed by atoms with Gasteiger partial charge in [0.05, 0.1) is 12.0 Å². The number of esters is 1. The lowest BCUT2D eigenvalue weighted by Gasteiger charge is -2.11. The summed E-state index contributed by atoms with van der Waals surface area (Å²) >= 11 is 0.745. The molecule has 1 N–H and O–H groups in total. The zero-order chi connectivity index (χ0) is 19.3. The molecule has 0 bridgehead atoms. The van der Waals surface area contributed by atoms with Gasteiger partial charge in [-0.05, 0) is 29.8 Å². The Bertz CT molecular complexity index is 867. The number of aliphatic carboxylic acids is 1. The molecule has 0 saturated heterocycles. The van der Waals surface area contributed by atoms with Gasteiger partial charge in [-0.1, -0.05) is 17.8 Å². The molecule has 5 nitrogen and oxygen atoms in total. The molecule has 136 valence electrons. The van der Waals surface area contributed by atoms with E-state index in [1.54, 1.807) is 0 Å². The van der Waals surface area contributed by atoms with E-state index < -0.39 is 28.7 Å². The fraction of sp³-hybridized carbons (Fsp3) is 0.167. The summed E-state index contributed by atoms with van der Waals surface area (Å²) in [5.41, 5.74) is 0.364. The predicted octanol–water partition coefficient (Wildman–Crippen LogP) is 3.91. The Morgan fingerprint density at radius 3 is 2.46 bits per heavy atom. The molecule has 0 saturated carbocycles. The van der Waals surface area contributed by atoms with Crippen molar-refractivity contribution in [1.82, 2.24) is 0 Å². The van der Waals surface area contributed by atoms with Gasteiger partial charge in [0.2, 0.25) is 5.12 Å². The summed E-state index contributed by atoms with van der Waals surface area (Å²) in [5.74, 6) is -3.21. The van der Waals surface area contributed by atoms with Crippen molar-refractivity contribution in [2.75, 3.05) is 5.75 Å². The van der Waals surface area contributed by atoms with E-state index in [0.717, 1.165) is 23.9 Å². The molecule has 2 rings (SSSR count). The van der Waals surface area contributed by atoms with Crippen LogP contribution in [0.5, 0.6) is 5.75 Å². The summed E-state index contributed by atoms with van der Waals surface area (Å²) in [4.78, 5) is 34.2. The van der Waals surface area contributed by atoms with E-state index in [0.29, 0.717) is 5.56 Å². The average Bonchev–Trinajstić information content (AvgIpc) is 2.54. The molecule has 0 fully saturated rings. The normalized spacial score (nSPS) is 10.4. The molecular formula is C18H14F2O5S. The molecule has 0 aliphatic heterocycles. The molecule has 2 aromatic rings. The third kappa shape index (κ3) is 5.13. The van der Waals surface area contributed by atoms with Crippen LogP contribution in [0.1, 0.15) is 23.7 Å². The van der Waals surface area contributed by atoms with Gasteiger partial charge in [0.25, 0.3) is 0 Å². The summed E-state index contributed by atoms with van der Waals surface area (Å²) in [7, 11) is 0. The van der Waals surface area contributed by atoms with Crippen LogP contribution in [-0.4, -0.2) is 27.9 Å². The topological polar surface area (TPSA) is 80.7 Å². The highest BCUT2D eigenvalue weighted by atomic mass is 32.2. The highest BCUT2D eigenvalue weighted by Crippen LogP contribution is 2.31. The maximum absolute atomic E-state index is 14.0. The Hall–Kier alpha value is -2.74. The summed E-state index contributed by atoms with van der Waals surface area (Å²) in [6, 6.07) is 7.14. The van der Waals surface area contributed by atoms with Gasteiger partial charge >= 0.3 is 11.9 Å². The monoisotopic (exact) mass is 380 g/mol. The minimum atomic E-state index is -1.05. The van der Waals surface area contributed by atoms with Crippen molar-refractivity contribution in [3.63, 3.8) is 0 Å². The Morgan fingerprint density at radius 2 is 1.85 bits per heavy atom. The Morgan fingerprint density at radius 1 is 1.12 bits per heavy atom. The maximum Gasteiger partial charge on any atom is 0.308 e. The highest BCUT2D eigenvalue weighted by molar-refractivity contribution is 8.14. The summed E-state index contributed by atoms with van der Waals surface area (Å²) in [5, 5.41) is 8.13. The smallest absolute Gasteiger partial charge is 0.308 e. The van der Waals surface area contributed by atoms with E-state index in [-0.39, 0.29) is 29.1 Å². The van der Waals surface area contributed by atoms with Crippen LogP contribution in [0.2, 0.25) is 0 Å². The van der Waals surface area contributed by atoms with E-state index in [2.05, 4.69) is 0 Å². The molecule has 0 aliphatic carbocycles. The number of rotatable bonds is 6. The van der Waals surface area contributed by atoms with Gasteiger partial charge in [-0.2, -0.15) is 0 Å². The summed E-state index contributed by atoms with van der Waals surface area (Å²) < 4.78 is 32.1. The molecule has 0 heterocycles. The number of thioether (sulfide) groups is 1. The van der Waals surface area contributed by atoms with Crippen molar-refractivity contribution >= 4 is 28.8 Å². The molecule has 26 heavy (non-hydrogen) atoms. The average molecular weight is 380 g/mol. The van der Waals surface area contributed by atoms with Gasteiger partial charge in [-0.3, -0.25) is 14.4 Å². The number of halogens is 2. The van der Waals surface area contributed by atoms with Crippen molar-refractivity contribution < 1.29 is 33.0 Å². The Kier molecular flexibility index (Phi) is 6.46. The minimum Gasteiger partial charge on any atom is -0.481 e. The van der Waals surface area contributed by atoms with Gasteiger partial charge in [0.1, 0.15) is 17.4 Å². The quantitative estimate of drug-likeness (QED) is 0.605. The van der Waals surface area contributed by atoms with E-state index >= 15 is 0 Å². The largest absolute Gasteiger partial charge is 0.481 e. The van der Waals surface area contributed by atoms with Gasteiger partial charge in [0, 0.05) is 24.3 Å². The van der Waals surface area contributed by atoms with Crippen LogP contribution in [0, 0.1) is 11.6 Å². The van der Waals surface area contributed by atoms with Gasteiger partial charge < -0.3 is 9.84 Å². The SMILES string of the molecule is CC(=O)Oc1ccc(-c2ccc(F)cc2F)cc1C(=O)SCCC(=O)O. The number of carboxylic acid groups (broad SMARTS) is 1. The van der Waals surface area contributed by atoms with E-state index in [1.165, 1.54) is 31.2 Å². The Balaban J connectivity index is 2.39. The maximum atomic E-state index is 14.0.